The van der Waals surface area contributed by atoms with Gasteiger partial charge in [0.25, 0.3) is 5.91 Å². The highest BCUT2D eigenvalue weighted by Gasteiger charge is 2.43. The molecular formula is C32H31F7N4O4. The Labute approximate surface area is 265 Å². The molecule has 2 aromatic carbocycles. The number of aromatic nitrogens is 1. The summed E-state index contributed by atoms with van der Waals surface area (Å²) in [5.41, 5.74) is -4.14. The zero-order valence-electron chi connectivity index (χ0n) is 26.1. The van der Waals surface area contributed by atoms with Gasteiger partial charge in [-0.2, -0.15) is 26.3 Å². The predicted octanol–water partition coefficient (Wildman–Crippen LogP) is 6.17. The Morgan fingerprint density at radius 3 is 2.02 bits per heavy atom. The number of carbonyl (C=O) groups excluding carboxylic acids is 3. The van der Waals surface area contributed by atoms with Crippen molar-refractivity contribution in [1.82, 2.24) is 15.4 Å². The van der Waals surface area contributed by atoms with Gasteiger partial charge in [0.2, 0.25) is 11.8 Å². The van der Waals surface area contributed by atoms with Gasteiger partial charge in [0.05, 0.1) is 35.5 Å². The van der Waals surface area contributed by atoms with Gasteiger partial charge in [0, 0.05) is 37.7 Å². The molecule has 252 valence electrons. The summed E-state index contributed by atoms with van der Waals surface area (Å²) in [5, 5.41) is 3.53. The summed E-state index contributed by atoms with van der Waals surface area (Å²) < 4.78 is 95.9. The number of halogens is 7. The Hall–Kier alpha value is -4.53. The van der Waals surface area contributed by atoms with Crippen LogP contribution in [0.15, 0.2) is 48.7 Å². The number of pyridine rings is 1. The van der Waals surface area contributed by atoms with Crippen LogP contribution in [0.3, 0.4) is 0 Å². The molecule has 1 unspecified atom stereocenters. The van der Waals surface area contributed by atoms with Crippen LogP contribution in [0.5, 0.6) is 0 Å². The molecule has 1 fully saturated rings. The number of nitrogens with zero attached hydrogens (tertiary/aromatic N) is 3. The minimum Gasteiger partial charge on any atom is -0.344 e. The molecule has 0 radical (unpaired) electrons. The Balaban J connectivity index is 1.85. The maximum absolute atomic E-state index is 14.1. The van der Waals surface area contributed by atoms with Gasteiger partial charge >= 0.3 is 12.4 Å². The van der Waals surface area contributed by atoms with E-state index in [-0.39, 0.29) is 29.4 Å². The van der Waals surface area contributed by atoms with E-state index in [4.69, 9.17) is 4.84 Å². The van der Waals surface area contributed by atoms with Gasteiger partial charge in [-0.3, -0.25) is 24.2 Å². The molecular weight excluding hydrogens is 637 g/mol. The van der Waals surface area contributed by atoms with Crippen LogP contribution in [-0.2, 0) is 37.0 Å². The topological polar surface area (TPSA) is 91.8 Å². The van der Waals surface area contributed by atoms with Crippen molar-refractivity contribution >= 4 is 23.4 Å². The van der Waals surface area contributed by atoms with E-state index in [9.17, 15) is 45.1 Å². The van der Waals surface area contributed by atoms with E-state index in [1.165, 1.54) is 65.5 Å². The average Bonchev–Trinajstić information content (AvgIpc) is 3.39. The van der Waals surface area contributed by atoms with Crippen LogP contribution in [0.25, 0.3) is 11.1 Å². The zero-order chi connectivity index (χ0) is 35.2. The van der Waals surface area contributed by atoms with Gasteiger partial charge in [-0.1, -0.05) is 6.07 Å². The number of anilines is 1. The largest absolute Gasteiger partial charge is 0.416 e. The highest BCUT2D eigenvalue weighted by atomic mass is 19.4. The number of nitrogens with one attached hydrogen (secondary N) is 1. The van der Waals surface area contributed by atoms with E-state index in [2.05, 4.69) is 10.3 Å². The average molecular weight is 669 g/mol. The second-order valence-electron chi connectivity index (χ2n) is 11.7. The maximum Gasteiger partial charge on any atom is 0.416 e. The lowest BCUT2D eigenvalue weighted by atomic mass is 9.81. The number of alkyl halides is 6. The molecule has 1 aliphatic heterocycles. The van der Waals surface area contributed by atoms with E-state index in [1.54, 1.807) is 6.92 Å². The Morgan fingerprint density at radius 1 is 0.915 bits per heavy atom. The number of hydroxylamine groups is 2. The van der Waals surface area contributed by atoms with Crippen molar-refractivity contribution in [1.29, 1.82) is 0 Å². The molecule has 15 heteroatoms. The first-order valence-corrected chi connectivity index (χ1v) is 14.1. The third-order valence-corrected chi connectivity index (χ3v) is 8.25. The number of benzene rings is 2. The lowest BCUT2D eigenvalue weighted by molar-refractivity contribution is -0.171. The molecule has 1 aliphatic rings. The van der Waals surface area contributed by atoms with Crippen molar-refractivity contribution in [3.8, 4) is 11.1 Å². The van der Waals surface area contributed by atoms with E-state index in [0.717, 1.165) is 9.96 Å². The van der Waals surface area contributed by atoms with Crippen LogP contribution in [-0.4, -0.2) is 55.0 Å². The first-order valence-electron chi connectivity index (χ1n) is 14.1. The summed E-state index contributed by atoms with van der Waals surface area (Å²) in [7, 11) is 3.91. The summed E-state index contributed by atoms with van der Waals surface area (Å²) in [6.07, 6.45) is -9.12. The number of hydrogen-bond donors (Lipinski definition) is 1. The minimum absolute atomic E-state index is 0.0170. The first-order chi connectivity index (χ1) is 21.7. The fourth-order valence-electron chi connectivity index (χ4n) is 5.49. The summed E-state index contributed by atoms with van der Waals surface area (Å²) >= 11 is 0. The number of carbonyl (C=O) groups is 3. The Kier molecular flexibility index (Phi) is 9.46. The molecule has 3 amide bonds. The summed E-state index contributed by atoms with van der Waals surface area (Å²) in [4.78, 5) is 49.8. The fourth-order valence-corrected chi connectivity index (χ4v) is 5.49. The fraction of sp³-hybridized carbons (Fsp3) is 0.375. The smallest absolute Gasteiger partial charge is 0.344 e. The number of hydrogen-bond acceptors (Lipinski definition) is 5. The third-order valence-electron chi connectivity index (χ3n) is 8.25. The number of aryl methyl sites for hydroxylation is 1. The minimum atomic E-state index is -5.12. The SMILES string of the molecule is CON(C)C(=O)[C@H]1NC(=O)CC1c1cc(-c2ccc(F)cc2C)c(N(C)C(=O)C(C)(C)c2cc(C(F)(F)F)cc(C(F)(F)F)c2)cn1. The van der Waals surface area contributed by atoms with Gasteiger partial charge in [-0.25, -0.2) is 9.45 Å². The van der Waals surface area contributed by atoms with Crippen molar-refractivity contribution in [3.05, 3.63) is 82.4 Å². The van der Waals surface area contributed by atoms with E-state index >= 15 is 0 Å². The van der Waals surface area contributed by atoms with Crippen LogP contribution in [0.2, 0.25) is 0 Å². The zero-order valence-corrected chi connectivity index (χ0v) is 26.1. The second kappa shape index (κ2) is 12.6. The summed E-state index contributed by atoms with van der Waals surface area (Å²) in [6.45, 7) is 3.99. The Bertz CT molecular complexity index is 1690. The van der Waals surface area contributed by atoms with Crippen LogP contribution in [0.4, 0.5) is 36.4 Å². The van der Waals surface area contributed by atoms with Gasteiger partial charge in [-0.05, 0) is 73.9 Å². The van der Waals surface area contributed by atoms with Crippen molar-refractivity contribution < 1.29 is 50.0 Å². The molecule has 4 rings (SSSR count). The molecule has 47 heavy (non-hydrogen) atoms. The molecule has 1 N–H and O–H groups in total. The summed E-state index contributed by atoms with van der Waals surface area (Å²) in [5.74, 6) is -3.23. The number of amides is 3. The van der Waals surface area contributed by atoms with E-state index in [1.807, 2.05) is 0 Å². The molecule has 0 bridgehead atoms. The monoisotopic (exact) mass is 668 g/mol. The predicted molar refractivity (Wildman–Crippen MR) is 156 cm³/mol. The molecule has 8 nitrogen and oxygen atoms in total. The van der Waals surface area contributed by atoms with Crippen molar-refractivity contribution in [2.24, 2.45) is 0 Å². The normalized spacial score (nSPS) is 17.0. The maximum atomic E-state index is 14.1. The molecule has 3 aromatic rings. The number of rotatable bonds is 7. The molecule has 0 spiro atoms. The third kappa shape index (κ3) is 7.09. The summed E-state index contributed by atoms with van der Waals surface area (Å²) in [6, 6.07) is 5.27. The molecule has 0 aliphatic carbocycles. The lowest BCUT2D eigenvalue weighted by Crippen LogP contribution is -2.44. The highest BCUT2D eigenvalue weighted by molar-refractivity contribution is 6.03. The van der Waals surface area contributed by atoms with Gasteiger partial charge in [0.15, 0.2) is 0 Å². The van der Waals surface area contributed by atoms with E-state index < -0.39 is 70.0 Å². The van der Waals surface area contributed by atoms with Crippen LogP contribution in [0.1, 0.15) is 54.1 Å². The first kappa shape index (κ1) is 35.3. The van der Waals surface area contributed by atoms with Crippen molar-refractivity contribution in [2.75, 3.05) is 26.1 Å². The van der Waals surface area contributed by atoms with Gasteiger partial charge in [0.1, 0.15) is 11.9 Å². The molecule has 2 heterocycles. The van der Waals surface area contributed by atoms with Crippen molar-refractivity contribution in [3.63, 3.8) is 0 Å². The second-order valence-corrected chi connectivity index (χ2v) is 11.7. The van der Waals surface area contributed by atoms with Gasteiger partial charge < -0.3 is 10.2 Å². The molecule has 1 aromatic heterocycles. The van der Waals surface area contributed by atoms with Crippen LogP contribution >= 0.6 is 0 Å². The highest BCUT2D eigenvalue weighted by Crippen LogP contribution is 2.42. The van der Waals surface area contributed by atoms with Crippen LogP contribution < -0.4 is 10.2 Å². The molecule has 2 atom stereocenters. The van der Waals surface area contributed by atoms with Crippen molar-refractivity contribution in [2.45, 2.75) is 56.9 Å². The lowest BCUT2D eigenvalue weighted by Gasteiger charge is -2.32. The van der Waals surface area contributed by atoms with Crippen LogP contribution in [0, 0.1) is 12.7 Å². The van der Waals surface area contributed by atoms with Gasteiger partial charge in [-0.15, -0.1) is 0 Å². The standard InChI is InChI=1S/C32H31F7N4O4/c1-16-9-20(33)7-8-21(16)22-13-24(23-14-26(44)41-27(23)28(45)43(5)47-6)40-15-25(22)42(4)29(46)30(2,3)17-10-18(31(34,35)36)12-19(11-17)32(37,38)39/h7-13,15,23,27H,14H2,1-6H3,(H,41,44)/t23?,27-/m0/s1. The quantitative estimate of drug-likeness (QED) is 0.241. The molecule has 1 saturated heterocycles. The van der Waals surface area contributed by atoms with E-state index in [0.29, 0.717) is 23.3 Å². The molecule has 0 saturated carbocycles. The number of likely N-dealkylation sites (N-methyl/N-ethyl adjacent to an activating group) is 2. The Morgan fingerprint density at radius 2 is 1.49 bits per heavy atom.